The molecule has 3 heteroatoms. The van der Waals surface area contributed by atoms with E-state index in [1.807, 2.05) is 0 Å². The van der Waals surface area contributed by atoms with Crippen LogP contribution in [-0.2, 0) is 17.1 Å². The van der Waals surface area contributed by atoms with Crippen molar-refractivity contribution in [3.8, 4) is 0 Å². The largest absolute Gasteiger partial charge is 1.00 e. The number of aliphatic hydroxyl groups excluding tert-OH is 1. The summed E-state index contributed by atoms with van der Waals surface area (Å²) in [6.45, 7) is 2.40. The molecule has 0 fully saturated rings. The van der Waals surface area contributed by atoms with Crippen LogP contribution in [-0.4, -0.2) is 11.7 Å². The van der Waals surface area contributed by atoms with E-state index in [4.69, 9.17) is 5.11 Å². The van der Waals surface area contributed by atoms with Gasteiger partial charge >= 0.3 is 0 Å². The number of rotatable bonds is 2. The van der Waals surface area contributed by atoms with Gasteiger partial charge in [0, 0.05) is 23.7 Å². The molecule has 0 spiro atoms. The molecule has 7 heavy (non-hydrogen) atoms. The Kier molecular flexibility index (Phi) is 35.5. The second kappa shape index (κ2) is 15.9. The molecule has 0 aliphatic carbocycles. The van der Waals surface area contributed by atoms with E-state index in [0.717, 1.165) is 12.8 Å². The van der Waals surface area contributed by atoms with Crippen molar-refractivity contribution in [3.63, 3.8) is 0 Å². The zero-order valence-electron chi connectivity index (χ0n) is 4.32. The van der Waals surface area contributed by atoms with Crippen molar-refractivity contribution >= 4 is 0 Å². The van der Waals surface area contributed by atoms with Crippen LogP contribution in [0.3, 0.4) is 0 Å². The Morgan fingerprint density at radius 3 is 1.86 bits per heavy atom. The second-order valence-corrected chi connectivity index (χ2v) is 1.08. The molecule has 0 aliphatic heterocycles. The Hall–Kier alpha value is 0.769. The van der Waals surface area contributed by atoms with Gasteiger partial charge in [0.25, 0.3) is 0 Å². The van der Waals surface area contributed by atoms with Crippen LogP contribution in [0.1, 0.15) is 19.8 Å². The Morgan fingerprint density at radius 1 is 1.43 bits per heavy atom. The minimum Gasteiger partial charge on any atom is -1.00 e. The Labute approximate surface area is 61.4 Å². The predicted molar refractivity (Wildman–Crippen MR) is 22.0 cm³/mol. The predicted octanol–water partition coefficient (Wildman–Crippen LogP) is -2.22. The van der Waals surface area contributed by atoms with Gasteiger partial charge in [0.2, 0.25) is 0 Å². The molecule has 0 saturated heterocycles. The molecule has 0 rings (SSSR count). The van der Waals surface area contributed by atoms with Gasteiger partial charge in [0.05, 0.1) is 0 Å². The molecule has 0 aromatic rings. The molecule has 0 unspecified atom stereocenters. The molecular formula is C4H10ClMnO-. The molecule has 1 radical (unpaired) electrons. The molecule has 0 atom stereocenters. The van der Waals surface area contributed by atoms with E-state index in [1.165, 1.54) is 0 Å². The van der Waals surface area contributed by atoms with Crippen molar-refractivity contribution in [2.45, 2.75) is 19.8 Å². The first-order valence-corrected chi connectivity index (χ1v) is 2.02. The maximum Gasteiger partial charge on any atom is 0.0430 e. The number of unbranched alkanes of at least 4 members (excludes halogenated alkanes) is 1. The minimum atomic E-state index is 0. The van der Waals surface area contributed by atoms with Crippen molar-refractivity contribution in [2.75, 3.05) is 6.61 Å². The minimum absolute atomic E-state index is 0. The summed E-state index contributed by atoms with van der Waals surface area (Å²) >= 11 is 0. The van der Waals surface area contributed by atoms with Crippen molar-refractivity contribution < 1.29 is 34.6 Å². The monoisotopic (exact) mass is 164 g/mol. The van der Waals surface area contributed by atoms with Gasteiger partial charge in [-0.15, -0.1) is 0 Å². The molecule has 47 valence electrons. The fraction of sp³-hybridized carbons (Fsp3) is 1.00. The third kappa shape index (κ3) is 20.1. The summed E-state index contributed by atoms with van der Waals surface area (Å²) in [4.78, 5) is 0. The summed E-state index contributed by atoms with van der Waals surface area (Å²) in [7, 11) is 0. The summed E-state index contributed by atoms with van der Waals surface area (Å²) in [5, 5.41) is 8.07. The first kappa shape index (κ1) is 15.7. The molecule has 0 aromatic carbocycles. The Bertz CT molecular complexity index is 19.2. The first-order chi connectivity index (χ1) is 2.41. The molecule has 0 aromatic heterocycles. The number of hydrogen-bond acceptors (Lipinski definition) is 1. The summed E-state index contributed by atoms with van der Waals surface area (Å²) in [5.41, 5.74) is 0. The average molecular weight is 165 g/mol. The van der Waals surface area contributed by atoms with Crippen LogP contribution in [0.25, 0.3) is 0 Å². The van der Waals surface area contributed by atoms with E-state index < -0.39 is 0 Å². The first-order valence-electron chi connectivity index (χ1n) is 2.02. The summed E-state index contributed by atoms with van der Waals surface area (Å²) in [6, 6.07) is 0. The summed E-state index contributed by atoms with van der Waals surface area (Å²) < 4.78 is 0. The van der Waals surface area contributed by atoms with Crippen LogP contribution >= 0.6 is 0 Å². The smallest absolute Gasteiger partial charge is 0.0430 e. The second-order valence-electron chi connectivity index (χ2n) is 1.08. The van der Waals surface area contributed by atoms with E-state index in [0.29, 0.717) is 6.61 Å². The van der Waals surface area contributed by atoms with Crippen molar-refractivity contribution in [1.29, 1.82) is 0 Å². The fourth-order valence-corrected chi connectivity index (χ4v) is 0.158. The van der Waals surface area contributed by atoms with Gasteiger partial charge in [-0.25, -0.2) is 0 Å². The van der Waals surface area contributed by atoms with Gasteiger partial charge in [-0.05, 0) is 6.42 Å². The summed E-state index contributed by atoms with van der Waals surface area (Å²) in [6.07, 6.45) is 2.04. The molecule has 1 N–H and O–H groups in total. The Balaban J connectivity index is -0.0000000800. The third-order valence-corrected chi connectivity index (χ3v) is 0.512. The van der Waals surface area contributed by atoms with Gasteiger partial charge in [-0.1, -0.05) is 13.3 Å². The zero-order valence-corrected chi connectivity index (χ0v) is 6.26. The summed E-state index contributed by atoms with van der Waals surface area (Å²) in [5.74, 6) is 0. The van der Waals surface area contributed by atoms with Gasteiger partial charge in [-0.3, -0.25) is 0 Å². The van der Waals surface area contributed by atoms with Crippen molar-refractivity contribution in [2.24, 2.45) is 0 Å². The normalized spacial score (nSPS) is 6.00. The quantitative estimate of drug-likeness (QED) is 0.459. The van der Waals surface area contributed by atoms with Crippen molar-refractivity contribution in [1.82, 2.24) is 0 Å². The number of hydrogen-bond donors (Lipinski definition) is 1. The van der Waals surface area contributed by atoms with Crippen LogP contribution in [0.4, 0.5) is 0 Å². The molecule has 0 bridgehead atoms. The van der Waals surface area contributed by atoms with E-state index in [1.54, 1.807) is 0 Å². The molecule has 0 aliphatic rings. The van der Waals surface area contributed by atoms with E-state index in [9.17, 15) is 0 Å². The Morgan fingerprint density at radius 2 is 1.86 bits per heavy atom. The molecular weight excluding hydrogens is 154 g/mol. The van der Waals surface area contributed by atoms with Crippen LogP contribution in [0, 0.1) is 0 Å². The standard InChI is InChI=1S/C4H10O.ClH.Mn/c1-2-3-4-5;;/h5H,2-4H2,1H3;1H;/p-1. The SMILES string of the molecule is CCCCO.[Cl-].[Mn]. The van der Waals surface area contributed by atoms with E-state index in [2.05, 4.69) is 6.92 Å². The van der Waals surface area contributed by atoms with Crippen LogP contribution in [0.2, 0.25) is 0 Å². The topological polar surface area (TPSA) is 20.2 Å². The van der Waals surface area contributed by atoms with Gasteiger partial charge in [0.15, 0.2) is 0 Å². The molecule has 0 heterocycles. The molecule has 0 saturated carbocycles. The number of aliphatic hydroxyl groups is 1. The van der Waals surface area contributed by atoms with Crippen LogP contribution in [0.5, 0.6) is 0 Å². The zero-order chi connectivity index (χ0) is 4.12. The average Bonchev–Trinajstić information content (AvgIpc) is 1.41. The fourth-order valence-electron chi connectivity index (χ4n) is 0.158. The van der Waals surface area contributed by atoms with Gasteiger partial charge in [-0.2, -0.15) is 0 Å². The van der Waals surface area contributed by atoms with E-state index >= 15 is 0 Å². The van der Waals surface area contributed by atoms with Crippen LogP contribution < -0.4 is 12.4 Å². The number of halogens is 1. The van der Waals surface area contributed by atoms with Gasteiger partial charge in [0.1, 0.15) is 0 Å². The molecule has 0 amide bonds. The maximum absolute atomic E-state index is 8.07. The third-order valence-electron chi connectivity index (χ3n) is 0.512. The maximum atomic E-state index is 8.07. The molecule has 1 nitrogen and oxygen atoms in total. The van der Waals surface area contributed by atoms with E-state index in [-0.39, 0.29) is 29.5 Å². The van der Waals surface area contributed by atoms with Gasteiger partial charge < -0.3 is 17.5 Å². The van der Waals surface area contributed by atoms with Crippen molar-refractivity contribution in [3.05, 3.63) is 0 Å². The van der Waals surface area contributed by atoms with Crippen LogP contribution in [0.15, 0.2) is 0 Å².